The number of piperidine rings is 1. The van der Waals surface area contributed by atoms with Gasteiger partial charge in [0.15, 0.2) is 0 Å². The highest BCUT2D eigenvalue weighted by atomic mass is 19.4. The molecule has 1 saturated heterocycles. The van der Waals surface area contributed by atoms with Crippen molar-refractivity contribution in [1.29, 1.82) is 0 Å². The Labute approximate surface area is 143 Å². The van der Waals surface area contributed by atoms with Crippen LogP contribution in [0.4, 0.5) is 24.5 Å². The highest BCUT2D eigenvalue weighted by Crippen LogP contribution is 2.29. The number of alkyl halides is 3. The number of nitrogens with zero attached hydrogens (tertiary/aromatic N) is 2. The molecule has 1 N–H and O–H groups in total. The fraction of sp³-hybridized carbons (Fsp3) is 0.333. The molecule has 0 atom stereocenters. The summed E-state index contributed by atoms with van der Waals surface area (Å²) >= 11 is 0. The molecule has 1 amide bonds. The minimum absolute atomic E-state index is 0.0847. The van der Waals surface area contributed by atoms with Crippen LogP contribution in [0.1, 0.15) is 35.3 Å². The van der Waals surface area contributed by atoms with E-state index in [2.05, 4.69) is 15.2 Å². The number of aromatic nitrogens is 1. The van der Waals surface area contributed by atoms with Crippen LogP contribution < -0.4 is 10.2 Å². The van der Waals surface area contributed by atoms with Crippen molar-refractivity contribution in [3.63, 3.8) is 0 Å². The predicted octanol–water partition coefficient (Wildman–Crippen LogP) is 4.34. The summed E-state index contributed by atoms with van der Waals surface area (Å²) in [5, 5.41) is 2.78. The van der Waals surface area contributed by atoms with Crippen molar-refractivity contribution in [3.05, 3.63) is 53.9 Å². The van der Waals surface area contributed by atoms with Gasteiger partial charge in [-0.05, 0) is 43.5 Å². The zero-order valence-corrected chi connectivity index (χ0v) is 13.5. The Morgan fingerprint density at radius 1 is 1.04 bits per heavy atom. The molecule has 132 valence electrons. The molecule has 0 unspecified atom stereocenters. The van der Waals surface area contributed by atoms with Crippen LogP contribution in [0.2, 0.25) is 0 Å². The highest BCUT2D eigenvalue weighted by Gasteiger charge is 2.32. The van der Waals surface area contributed by atoms with Gasteiger partial charge in [0.25, 0.3) is 5.91 Å². The number of pyridine rings is 1. The molecule has 0 spiro atoms. The Balaban J connectivity index is 1.77. The third kappa shape index (κ3) is 4.10. The first kappa shape index (κ1) is 17.3. The number of hydrogen-bond acceptors (Lipinski definition) is 3. The minimum atomic E-state index is -4.52. The maximum atomic E-state index is 12.6. The third-order valence-corrected chi connectivity index (χ3v) is 4.17. The summed E-state index contributed by atoms with van der Waals surface area (Å²) in [6.07, 6.45) is -0.171. The molecule has 0 saturated carbocycles. The summed E-state index contributed by atoms with van der Waals surface area (Å²) in [6, 6.07) is 9.39. The first-order valence-corrected chi connectivity index (χ1v) is 8.14. The molecule has 0 radical (unpaired) electrons. The summed E-state index contributed by atoms with van der Waals surface area (Å²) in [5.74, 6) is -0.481. The Morgan fingerprint density at radius 3 is 2.40 bits per heavy atom. The second kappa shape index (κ2) is 7.13. The fourth-order valence-corrected chi connectivity index (χ4v) is 2.88. The van der Waals surface area contributed by atoms with E-state index in [4.69, 9.17) is 0 Å². The van der Waals surface area contributed by atoms with Gasteiger partial charge >= 0.3 is 6.18 Å². The van der Waals surface area contributed by atoms with Crippen LogP contribution in [0.15, 0.2) is 42.6 Å². The highest BCUT2D eigenvalue weighted by molar-refractivity contribution is 6.05. The topological polar surface area (TPSA) is 45.2 Å². The number of anilines is 2. The van der Waals surface area contributed by atoms with Crippen LogP contribution in [0.5, 0.6) is 0 Å². The molecule has 1 aromatic carbocycles. The van der Waals surface area contributed by atoms with Gasteiger partial charge in [-0.25, -0.2) is 0 Å². The van der Waals surface area contributed by atoms with Gasteiger partial charge in [0, 0.05) is 19.3 Å². The molecule has 2 aromatic rings. The molecule has 0 bridgehead atoms. The lowest BCUT2D eigenvalue weighted by Crippen LogP contribution is -2.30. The number of carbonyl (C=O) groups is 1. The van der Waals surface area contributed by atoms with Crippen LogP contribution in [0.3, 0.4) is 0 Å². The predicted molar refractivity (Wildman–Crippen MR) is 89.7 cm³/mol. The first-order valence-electron chi connectivity index (χ1n) is 8.14. The SMILES string of the molecule is O=C(Nc1ccccc1N1CCCCC1)c1ccc(C(F)(F)F)nc1. The monoisotopic (exact) mass is 349 g/mol. The number of benzene rings is 1. The van der Waals surface area contributed by atoms with Crippen molar-refractivity contribution in [2.45, 2.75) is 25.4 Å². The van der Waals surface area contributed by atoms with Gasteiger partial charge < -0.3 is 10.2 Å². The van der Waals surface area contributed by atoms with Crippen LogP contribution in [-0.2, 0) is 6.18 Å². The molecular weight excluding hydrogens is 331 g/mol. The van der Waals surface area contributed by atoms with Crippen molar-refractivity contribution in [1.82, 2.24) is 4.98 Å². The molecule has 25 heavy (non-hydrogen) atoms. The van der Waals surface area contributed by atoms with E-state index in [0.717, 1.165) is 49.9 Å². The molecule has 0 aliphatic carbocycles. The van der Waals surface area contributed by atoms with Gasteiger partial charge in [0.05, 0.1) is 16.9 Å². The smallest absolute Gasteiger partial charge is 0.370 e. The van der Waals surface area contributed by atoms with E-state index in [-0.39, 0.29) is 5.56 Å². The third-order valence-electron chi connectivity index (χ3n) is 4.17. The Hall–Kier alpha value is -2.57. The summed E-state index contributed by atoms with van der Waals surface area (Å²) in [6.45, 7) is 1.85. The van der Waals surface area contributed by atoms with Crippen LogP contribution >= 0.6 is 0 Å². The normalized spacial score (nSPS) is 15.1. The number of carbonyl (C=O) groups excluding carboxylic acids is 1. The largest absolute Gasteiger partial charge is 0.433 e. The number of nitrogens with one attached hydrogen (secondary N) is 1. The molecule has 3 rings (SSSR count). The van der Waals surface area contributed by atoms with E-state index in [1.54, 1.807) is 6.07 Å². The maximum Gasteiger partial charge on any atom is 0.433 e. The zero-order valence-electron chi connectivity index (χ0n) is 13.5. The van der Waals surface area contributed by atoms with Crippen molar-refractivity contribution < 1.29 is 18.0 Å². The zero-order chi connectivity index (χ0) is 17.9. The number of amides is 1. The van der Waals surface area contributed by atoms with Crippen molar-refractivity contribution in [2.24, 2.45) is 0 Å². The van der Waals surface area contributed by atoms with Gasteiger partial charge in [0.2, 0.25) is 0 Å². The Kier molecular flexibility index (Phi) is 4.92. The lowest BCUT2D eigenvalue weighted by Gasteiger charge is -2.30. The number of rotatable bonds is 3. The standard InChI is InChI=1S/C18H18F3N3O/c19-18(20,21)16-9-8-13(12-22-16)17(25)23-14-6-2-3-7-15(14)24-10-4-1-5-11-24/h2-3,6-9,12H,1,4-5,10-11H2,(H,23,25). The second-order valence-electron chi connectivity index (χ2n) is 5.95. The van der Waals surface area contributed by atoms with Gasteiger partial charge in [-0.15, -0.1) is 0 Å². The Bertz CT molecular complexity index is 738. The van der Waals surface area contributed by atoms with E-state index in [1.165, 1.54) is 6.42 Å². The van der Waals surface area contributed by atoms with E-state index in [0.29, 0.717) is 5.69 Å². The van der Waals surface area contributed by atoms with E-state index < -0.39 is 17.8 Å². The average Bonchev–Trinajstić information content (AvgIpc) is 2.62. The molecule has 7 heteroatoms. The van der Waals surface area contributed by atoms with Crippen molar-refractivity contribution in [2.75, 3.05) is 23.3 Å². The number of hydrogen-bond donors (Lipinski definition) is 1. The quantitative estimate of drug-likeness (QED) is 0.896. The molecule has 1 aromatic heterocycles. The molecule has 1 fully saturated rings. The Morgan fingerprint density at radius 2 is 1.76 bits per heavy atom. The van der Waals surface area contributed by atoms with E-state index in [9.17, 15) is 18.0 Å². The lowest BCUT2D eigenvalue weighted by atomic mass is 10.1. The first-order chi connectivity index (χ1) is 11.9. The van der Waals surface area contributed by atoms with Gasteiger partial charge in [-0.1, -0.05) is 12.1 Å². The lowest BCUT2D eigenvalue weighted by molar-refractivity contribution is -0.141. The summed E-state index contributed by atoms with van der Waals surface area (Å²) in [4.78, 5) is 17.9. The van der Waals surface area contributed by atoms with Gasteiger partial charge in [0.1, 0.15) is 5.69 Å². The van der Waals surface area contributed by atoms with Crippen molar-refractivity contribution >= 4 is 17.3 Å². The maximum absolute atomic E-state index is 12.6. The number of halogens is 3. The van der Waals surface area contributed by atoms with Crippen molar-refractivity contribution in [3.8, 4) is 0 Å². The summed E-state index contributed by atoms with van der Waals surface area (Å²) < 4.78 is 37.7. The molecule has 4 nitrogen and oxygen atoms in total. The van der Waals surface area contributed by atoms with Crippen LogP contribution in [-0.4, -0.2) is 24.0 Å². The average molecular weight is 349 g/mol. The van der Waals surface area contributed by atoms with E-state index in [1.807, 2.05) is 18.2 Å². The summed E-state index contributed by atoms with van der Waals surface area (Å²) in [5.41, 5.74) is 0.643. The molecule has 2 heterocycles. The molecular formula is C18H18F3N3O. The summed E-state index contributed by atoms with van der Waals surface area (Å²) in [7, 11) is 0. The second-order valence-corrected chi connectivity index (χ2v) is 5.95. The molecule has 1 aliphatic rings. The fourth-order valence-electron chi connectivity index (χ4n) is 2.88. The van der Waals surface area contributed by atoms with Gasteiger partial charge in [-0.2, -0.15) is 13.2 Å². The van der Waals surface area contributed by atoms with Crippen LogP contribution in [0.25, 0.3) is 0 Å². The minimum Gasteiger partial charge on any atom is -0.370 e. The van der Waals surface area contributed by atoms with E-state index >= 15 is 0 Å². The molecule has 1 aliphatic heterocycles. The number of para-hydroxylation sites is 2. The van der Waals surface area contributed by atoms with Gasteiger partial charge in [-0.3, -0.25) is 9.78 Å². The van der Waals surface area contributed by atoms with Crippen LogP contribution in [0, 0.1) is 0 Å².